The zero-order valence-corrected chi connectivity index (χ0v) is 19.1. The summed E-state index contributed by atoms with van der Waals surface area (Å²) in [5, 5.41) is 6.64. The highest BCUT2D eigenvalue weighted by Crippen LogP contribution is 2.32. The van der Waals surface area contributed by atoms with Crippen LogP contribution in [-0.4, -0.2) is 66.4 Å². The van der Waals surface area contributed by atoms with Gasteiger partial charge in [-0.1, -0.05) is 11.2 Å². The number of aromatic nitrogens is 1. The first-order valence-electron chi connectivity index (χ1n) is 11.0. The van der Waals surface area contributed by atoms with Gasteiger partial charge in [0, 0.05) is 31.6 Å². The van der Waals surface area contributed by atoms with E-state index in [-0.39, 0.29) is 49.8 Å². The molecule has 35 heavy (non-hydrogen) atoms. The van der Waals surface area contributed by atoms with Crippen LogP contribution < -0.4 is 10.2 Å². The summed E-state index contributed by atoms with van der Waals surface area (Å²) in [5.41, 5.74) is 0.251. The van der Waals surface area contributed by atoms with Crippen molar-refractivity contribution >= 4 is 35.0 Å². The average Bonchev–Trinajstić information content (AvgIpc) is 3.46. The van der Waals surface area contributed by atoms with Crippen molar-refractivity contribution in [1.82, 2.24) is 10.1 Å². The van der Waals surface area contributed by atoms with Crippen molar-refractivity contribution in [3.63, 3.8) is 0 Å². The van der Waals surface area contributed by atoms with Gasteiger partial charge in [0.2, 0.25) is 0 Å². The van der Waals surface area contributed by atoms with Crippen molar-refractivity contribution in [1.29, 1.82) is 0 Å². The van der Waals surface area contributed by atoms with Crippen LogP contribution in [0.1, 0.15) is 25.8 Å². The highest BCUT2D eigenvalue weighted by atomic mass is 19.1. The maximum absolute atomic E-state index is 15.0. The van der Waals surface area contributed by atoms with Crippen LogP contribution in [0, 0.1) is 11.6 Å². The van der Waals surface area contributed by atoms with E-state index in [2.05, 4.69) is 10.5 Å². The number of ether oxygens (including phenoxy) is 2. The lowest BCUT2D eigenvalue weighted by Gasteiger charge is -2.29. The van der Waals surface area contributed by atoms with Gasteiger partial charge in [-0.3, -0.25) is 14.5 Å². The summed E-state index contributed by atoms with van der Waals surface area (Å²) in [5.74, 6) is -2.12. The predicted octanol–water partition coefficient (Wildman–Crippen LogP) is 2.96. The van der Waals surface area contributed by atoms with E-state index in [1.54, 1.807) is 12.1 Å². The minimum atomic E-state index is -0.939. The van der Waals surface area contributed by atoms with Crippen molar-refractivity contribution in [3.8, 4) is 0 Å². The van der Waals surface area contributed by atoms with Crippen LogP contribution in [0.2, 0.25) is 0 Å². The first-order valence-corrected chi connectivity index (χ1v) is 11.0. The smallest absolute Gasteiger partial charge is 0.414 e. The molecule has 0 spiro atoms. The van der Waals surface area contributed by atoms with E-state index in [1.165, 1.54) is 25.0 Å². The summed E-state index contributed by atoms with van der Waals surface area (Å²) in [4.78, 5) is 38.4. The number of carbonyl (C=O) groups is 3. The lowest BCUT2D eigenvalue weighted by atomic mass is 9.97. The molecule has 4 rings (SSSR count). The Morgan fingerprint density at radius 3 is 2.66 bits per heavy atom. The molecule has 3 heterocycles. The van der Waals surface area contributed by atoms with Crippen LogP contribution >= 0.6 is 0 Å². The molecule has 0 bridgehead atoms. The van der Waals surface area contributed by atoms with Crippen LogP contribution in [0.25, 0.3) is 5.57 Å². The Labute approximate surface area is 199 Å². The van der Waals surface area contributed by atoms with E-state index < -0.39 is 35.9 Å². The lowest BCUT2D eigenvalue weighted by Crippen LogP contribution is -2.42. The number of amides is 2. The molecule has 0 saturated carbocycles. The molecule has 186 valence electrons. The number of nitrogens with zero attached hydrogens (tertiary/aromatic N) is 3. The van der Waals surface area contributed by atoms with Crippen LogP contribution in [-0.2, 0) is 19.1 Å². The molecule has 2 aromatic rings. The summed E-state index contributed by atoms with van der Waals surface area (Å²) in [6, 6.07) is 3.79. The normalized spacial score (nSPS) is 18.7. The molecule has 2 aliphatic heterocycles. The van der Waals surface area contributed by atoms with Crippen molar-refractivity contribution in [3.05, 3.63) is 47.7 Å². The molecule has 0 unspecified atom stereocenters. The third-order valence-electron chi connectivity index (χ3n) is 5.69. The number of esters is 1. The third kappa shape index (κ3) is 5.42. The Morgan fingerprint density at radius 1 is 1.31 bits per heavy atom. The topological polar surface area (TPSA) is 114 Å². The molecule has 2 amide bonds. The molecule has 2 atom stereocenters. The summed E-state index contributed by atoms with van der Waals surface area (Å²) in [6.45, 7) is 3.37. The zero-order chi connectivity index (χ0) is 25.1. The van der Waals surface area contributed by atoms with E-state index in [1.807, 2.05) is 0 Å². The first kappa shape index (κ1) is 24.2. The van der Waals surface area contributed by atoms with Crippen molar-refractivity contribution < 1.29 is 37.2 Å². The molecule has 1 aromatic heterocycles. The molecular formula is C23H24F2N4O6. The lowest BCUT2D eigenvalue weighted by molar-refractivity contribution is -0.157. The SMILES string of the molecule is CC(=O)O[C@@H](C)C(=O)N1CC=C(c2c(F)cc(N3C[C@H](CNc4ccon4)OC3=O)cc2F)CC1. The molecule has 1 saturated heterocycles. The molecule has 1 fully saturated rings. The second-order valence-electron chi connectivity index (χ2n) is 8.18. The quantitative estimate of drug-likeness (QED) is 0.590. The monoisotopic (exact) mass is 490 g/mol. The third-order valence-corrected chi connectivity index (χ3v) is 5.69. The van der Waals surface area contributed by atoms with Gasteiger partial charge in [0.1, 0.15) is 24.0 Å². The minimum absolute atomic E-state index is 0.0427. The number of hydrogen-bond donors (Lipinski definition) is 1. The number of halogens is 2. The standard InChI is InChI=1S/C23H24F2N4O6/c1-13(34-14(2)30)22(31)28-6-3-15(4-7-28)21-18(24)9-16(10-19(21)25)29-12-17(35-23(29)32)11-26-20-5-8-33-27-20/h3,5,8-10,13,17H,4,6-7,11-12H2,1-2H3,(H,26,27)/t13-,17-/m0/s1. The number of nitrogens with one attached hydrogen (secondary N) is 1. The molecule has 12 heteroatoms. The number of benzene rings is 1. The Balaban J connectivity index is 1.42. The fraction of sp³-hybridized carbons (Fsp3) is 0.391. The largest absolute Gasteiger partial charge is 0.453 e. The average molecular weight is 490 g/mol. The van der Waals surface area contributed by atoms with Gasteiger partial charge < -0.3 is 24.2 Å². The van der Waals surface area contributed by atoms with Gasteiger partial charge in [0.05, 0.1) is 18.8 Å². The Morgan fingerprint density at radius 2 is 2.06 bits per heavy atom. The van der Waals surface area contributed by atoms with Crippen molar-refractivity contribution in [2.75, 3.05) is 36.4 Å². The number of hydrogen-bond acceptors (Lipinski definition) is 8. The van der Waals surface area contributed by atoms with Gasteiger partial charge in [-0.15, -0.1) is 0 Å². The summed E-state index contributed by atoms with van der Waals surface area (Å²) < 4.78 is 44.9. The van der Waals surface area contributed by atoms with Gasteiger partial charge in [-0.25, -0.2) is 13.6 Å². The van der Waals surface area contributed by atoms with E-state index in [0.717, 1.165) is 17.0 Å². The number of rotatable bonds is 7. The molecule has 0 radical (unpaired) electrons. The molecule has 10 nitrogen and oxygen atoms in total. The fourth-order valence-electron chi connectivity index (χ4n) is 4.04. The van der Waals surface area contributed by atoms with Crippen molar-refractivity contribution in [2.24, 2.45) is 0 Å². The van der Waals surface area contributed by atoms with Crippen LogP contribution in [0.15, 0.2) is 35.1 Å². The second-order valence-corrected chi connectivity index (χ2v) is 8.18. The number of anilines is 2. The van der Waals surface area contributed by atoms with E-state index in [4.69, 9.17) is 14.0 Å². The fourth-order valence-corrected chi connectivity index (χ4v) is 4.04. The van der Waals surface area contributed by atoms with E-state index in [9.17, 15) is 14.4 Å². The summed E-state index contributed by atoms with van der Waals surface area (Å²) in [6.07, 6.45) is 0.973. The predicted molar refractivity (Wildman–Crippen MR) is 119 cm³/mol. The molecule has 1 aromatic carbocycles. The Kier molecular flexibility index (Phi) is 6.99. The molecule has 1 N–H and O–H groups in total. The van der Waals surface area contributed by atoms with E-state index in [0.29, 0.717) is 11.4 Å². The maximum Gasteiger partial charge on any atom is 0.414 e. The maximum atomic E-state index is 15.0. The second kappa shape index (κ2) is 10.1. The van der Waals surface area contributed by atoms with Gasteiger partial charge in [-0.05, 0) is 31.1 Å². The van der Waals surface area contributed by atoms with Crippen LogP contribution in [0.4, 0.5) is 25.1 Å². The van der Waals surface area contributed by atoms with E-state index >= 15 is 8.78 Å². The highest BCUT2D eigenvalue weighted by molar-refractivity contribution is 5.90. The summed E-state index contributed by atoms with van der Waals surface area (Å²) >= 11 is 0. The highest BCUT2D eigenvalue weighted by Gasteiger charge is 2.34. The zero-order valence-electron chi connectivity index (χ0n) is 19.1. The minimum Gasteiger partial charge on any atom is -0.453 e. The Bertz CT molecular complexity index is 1130. The molecule has 2 aliphatic rings. The number of carbonyl (C=O) groups excluding carboxylic acids is 3. The van der Waals surface area contributed by atoms with Gasteiger partial charge in [-0.2, -0.15) is 0 Å². The Hall–Kier alpha value is -3.96. The van der Waals surface area contributed by atoms with Crippen molar-refractivity contribution in [2.45, 2.75) is 32.5 Å². The van der Waals surface area contributed by atoms with Crippen LogP contribution in [0.3, 0.4) is 0 Å². The first-order chi connectivity index (χ1) is 16.7. The number of cyclic esters (lactones) is 1. The van der Waals surface area contributed by atoms with Gasteiger partial charge >= 0.3 is 12.1 Å². The van der Waals surface area contributed by atoms with Gasteiger partial charge in [0.25, 0.3) is 5.91 Å². The van der Waals surface area contributed by atoms with Crippen LogP contribution in [0.5, 0.6) is 0 Å². The molecule has 0 aliphatic carbocycles. The van der Waals surface area contributed by atoms with Gasteiger partial charge in [0.15, 0.2) is 11.9 Å². The molecular weight excluding hydrogens is 466 g/mol. The summed E-state index contributed by atoms with van der Waals surface area (Å²) in [7, 11) is 0.